The van der Waals surface area contributed by atoms with Gasteiger partial charge in [-0.25, -0.2) is 0 Å². The highest BCUT2D eigenvalue weighted by Gasteiger charge is 2.18. The molecular formula is C12H18ClN3O2. The van der Waals surface area contributed by atoms with Crippen LogP contribution >= 0.6 is 11.6 Å². The van der Waals surface area contributed by atoms with Crippen molar-refractivity contribution in [1.29, 1.82) is 0 Å². The van der Waals surface area contributed by atoms with E-state index in [2.05, 4.69) is 5.16 Å². The van der Waals surface area contributed by atoms with E-state index in [1.165, 1.54) is 0 Å². The number of rotatable bonds is 5. The fraction of sp³-hybridized carbons (Fsp3) is 0.417. The summed E-state index contributed by atoms with van der Waals surface area (Å²) in [5.41, 5.74) is 6.87. The maximum absolute atomic E-state index is 9.12. The van der Waals surface area contributed by atoms with Crippen LogP contribution in [0.2, 0.25) is 5.02 Å². The maximum atomic E-state index is 9.12. The molecule has 0 aliphatic carbocycles. The molecule has 18 heavy (non-hydrogen) atoms. The monoisotopic (exact) mass is 271 g/mol. The van der Waals surface area contributed by atoms with Gasteiger partial charge < -0.3 is 20.9 Å². The van der Waals surface area contributed by atoms with Crippen molar-refractivity contribution >= 4 is 23.1 Å². The predicted octanol–water partition coefficient (Wildman–Crippen LogP) is 1.64. The Hall–Kier alpha value is -1.46. The van der Waals surface area contributed by atoms with E-state index < -0.39 is 0 Å². The SMILES string of the molecule is CC(C)N(CCO)c1cccc(Cl)c1C(N)=NO. The lowest BCUT2D eigenvalue weighted by Gasteiger charge is -2.30. The van der Waals surface area contributed by atoms with Crippen molar-refractivity contribution in [2.24, 2.45) is 10.9 Å². The highest BCUT2D eigenvalue weighted by atomic mass is 35.5. The molecule has 0 bridgehead atoms. The molecule has 0 fully saturated rings. The summed E-state index contributed by atoms with van der Waals surface area (Å²) in [5.74, 6) is -0.0424. The van der Waals surface area contributed by atoms with Crippen LogP contribution in [-0.2, 0) is 0 Å². The van der Waals surface area contributed by atoms with E-state index in [0.29, 0.717) is 17.1 Å². The van der Waals surface area contributed by atoms with Gasteiger partial charge in [0.1, 0.15) is 0 Å². The topological polar surface area (TPSA) is 82.1 Å². The molecule has 6 heteroatoms. The van der Waals surface area contributed by atoms with Crippen molar-refractivity contribution in [3.8, 4) is 0 Å². The van der Waals surface area contributed by atoms with Crippen LogP contribution in [0.3, 0.4) is 0 Å². The average Bonchev–Trinajstić information content (AvgIpc) is 2.34. The Morgan fingerprint density at radius 3 is 2.67 bits per heavy atom. The lowest BCUT2D eigenvalue weighted by molar-refractivity contribution is 0.299. The van der Waals surface area contributed by atoms with Gasteiger partial charge in [-0.05, 0) is 26.0 Å². The first-order valence-corrected chi connectivity index (χ1v) is 6.04. The molecule has 1 rings (SSSR count). The Kier molecular flexibility index (Phi) is 5.25. The van der Waals surface area contributed by atoms with E-state index in [0.717, 1.165) is 5.69 Å². The number of aliphatic hydroxyl groups is 1. The third kappa shape index (κ3) is 3.05. The van der Waals surface area contributed by atoms with Crippen LogP contribution in [0, 0.1) is 0 Å². The number of nitrogens with zero attached hydrogens (tertiary/aromatic N) is 2. The summed E-state index contributed by atoms with van der Waals surface area (Å²) in [5, 5.41) is 21.4. The van der Waals surface area contributed by atoms with E-state index >= 15 is 0 Å². The van der Waals surface area contributed by atoms with Crippen molar-refractivity contribution in [3.63, 3.8) is 0 Å². The van der Waals surface area contributed by atoms with Crippen LogP contribution in [0.15, 0.2) is 23.4 Å². The summed E-state index contributed by atoms with van der Waals surface area (Å²) in [6, 6.07) is 5.45. The largest absolute Gasteiger partial charge is 0.409 e. The first-order valence-electron chi connectivity index (χ1n) is 5.66. The molecule has 0 saturated carbocycles. The fourth-order valence-corrected chi connectivity index (χ4v) is 2.09. The van der Waals surface area contributed by atoms with E-state index in [4.69, 9.17) is 27.6 Å². The third-order valence-corrected chi connectivity index (χ3v) is 2.94. The van der Waals surface area contributed by atoms with Crippen LogP contribution in [0.5, 0.6) is 0 Å². The number of aliphatic hydroxyl groups excluding tert-OH is 1. The van der Waals surface area contributed by atoms with Gasteiger partial charge in [-0.1, -0.05) is 22.8 Å². The first kappa shape index (κ1) is 14.6. The average molecular weight is 272 g/mol. The molecule has 0 heterocycles. The quantitative estimate of drug-likeness (QED) is 0.329. The summed E-state index contributed by atoms with van der Waals surface area (Å²) in [6.45, 7) is 4.45. The highest BCUT2D eigenvalue weighted by molar-refractivity contribution is 6.34. The summed E-state index contributed by atoms with van der Waals surface area (Å²) in [6.07, 6.45) is 0. The Balaban J connectivity index is 3.34. The van der Waals surface area contributed by atoms with Crippen molar-refractivity contribution in [2.75, 3.05) is 18.1 Å². The van der Waals surface area contributed by atoms with Crippen LogP contribution in [0.25, 0.3) is 0 Å². The van der Waals surface area contributed by atoms with Crippen LogP contribution in [-0.4, -0.2) is 35.3 Å². The molecule has 0 atom stereocenters. The van der Waals surface area contributed by atoms with Gasteiger partial charge in [-0.2, -0.15) is 0 Å². The molecule has 1 aromatic rings. The Morgan fingerprint density at radius 2 is 2.17 bits per heavy atom. The van der Waals surface area contributed by atoms with Gasteiger partial charge in [0, 0.05) is 18.3 Å². The summed E-state index contributed by atoms with van der Waals surface area (Å²) in [7, 11) is 0. The van der Waals surface area contributed by atoms with Gasteiger partial charge in [0.25, 0.3) is 0 Å². The second kappa shape index (κ2) is 6.47. The first-order chi connectivity index (χ1) is 8.52. The molecule has 4 N–H and O–H groups in total. The number of hydrogen-bond acceptors (Lipinski definition) is 4. The minimum absolute atomic E-state index is 0.0142. The predicted molar refractivity (Wildman–Crippen MR) is 73.5 cm³/mol. The number of anilines is 1. The number of halogens is 1. The Morgan fingerprint density at radius 1 is 1.50 bits per heavy atom. The van der Waals surface area contributed by atoms with E-state index in [-0.39, 0.29) is 18.5 Å². The minimum Gasteiger partial charge on any atom is -0.409 e. The lowest BCUT2D eigenvalue weighted by atomic mass is 10.1. The van der Waals surface area contributed by atoms with E-state index in [9.17, 15) is 0 Å². The molecule has 0 saturated heterocycles. The molecule has 0 aliphatic heterocycles. The number of amidine groups is 1. The van der Waals surface area contributed by atoms with E-state index in [1.807, 2.05) is 24.8 Å². The van der Waals surface area contributed by atoms with E-state index in [1.54, 1.807) is 12.1 Å². The summed E-state index contributed by atoms with van der Waals surface area (Å²) >= 11 is 6.09. The molecule has 0 spiro atoms. The molecular weight excluding hydrogens is 254 g/mol. The molecule has 1 aromatic carbocycles. The number of benzene rings is 1. The zero-order valence-corrected chi connectivity index (χ0v) is 11.2. The molecule has 0 aliphatic rings. The zero-order valence-electron chi connectivity index (χ0n) is 10.5. The fourth-order valence-electron chi connectivity index (χ4n) is 1.82. The maximum Gasteiger partial charge on any atom is 0.173 e. The molecule has 0 aromatic heterocycles. The van der Waals surface area contributed by atoms with Crippen molar-refractivity contribution in [1.82, 2.24) is 0 Å². The number of hydrogen-bond donors (Lipinski definition) is 3. The van der Waals surface area contributed by atoms with Gasteiger partial charge in [0.15, 0.2) is 5.84 Å². The van der Waals surface area contributed by atoms with Crippen LogP contribution < -0.4 is 10.6 Å². The van der Waals surface area contributed by atoms with Gasteiger partial charge in [-0.15, -0.1) is 0 Å². The van der Waals surface area contributed by atoms with Crippen molar-refractivity contribution < 1.29 is 10.3 Å². The minimum atomic E-state index is -0.0424. The molecule has 5 nitrogen and oxygen atoms in total. The van der Waals surface area contributed by atoms with Gasteiger partial charge >= 0.3 is 0 Å². The normalized spacial score (nSPS) is 11.9. The van der Waals surface area contributed by atoms with Crippen LogP contribution in [0.4, 0.5) is 5.69 Å². The molecule has 0 amide bonds. The Bertz CT molecular complexity index is 435. The molecule has 0 unspecified atom stereocenters. The van der Waals surface area contributed by atoms with Crippen molar-refractivity contribution in [3.05, 3.63) is 28.8 Å². The zero-order chi connectivity index (χ0) is 13.7. The number of oxime groups is 1. The molecule has 100 valence electrons. The Labute approximate surface area is 111 Å². The van der Waals surface area contributed by atoms with Crippen molar-refractivity contribution in [2.45, 2.75) is 19.9 Å². The van der Waals surface area contributed by atoms with Crippen LogP contribution in [0.1, 0.15) is 19.4 Å². The lowest BCUT2D eigenvalue weighted by Crippen LogP contribution is -2.35. The smallest absolute Gasteiger partial charge is 0.173 e. The second-order valence-electron chi connectivity index (χ2n) is 4.13. The van der Waals surface area contributed by atoms with Gasteiger partial charge in [0.2, 0.25) is 0 Å². The second-order valence-corrected chi connectivity index (χ2v) is 4.54. The summed E-state index contributed by atoms with van der Waals surface area (Å²) in [4.78, 5) is 1.94. The standard InChI is InChI=1S/C12H18ClN3O2/c1-8(2)16(6-7-17)10-5-3-4-9(13)11(10)12(14)15-18/h3-5,8,17-18H,6-7H2,1-2H3,(H2,14,15). The third-order valence-electron chi connectivity index (χ3n) is 2.63. The van der Waals surface area contributed by atoms with Gasteiger partial charge in [0.05, 0.1) is 17.2 Å². The summed E-state index contributed by atoms with van der Waals surface area (Å²) < 4.78 is 0. The number of nitrogens with two attached hydrogens (primary N) is 1. The highest BCUT2D eigenvalue weighted by Crippen LogP contribution is 2.28. The van der Waals surface area contributed by atoms with Gasteiger partial charge in [-0.3, -0.25) is 0 Å². The molecule has 0 radical (unpaired) electrons.